The third-order valence-corrected chi connectivity index (χ3v) is 3.83. The molecule has 0 bridgehead atoms. The van der Waals surface area contributed by atoms with E-state index < -0.39 is 17.6 Å². The number of halogens is 3. The first-order valence-corrected chi connectivity index (χ1v) is 8.19. The Balaban J connectivity index is 1.60. The lowest BCUT2D eigenvalue weighted by molar-refractivity contribution is -0.137. The van der Waals surface area contributed by atoms with Gasteiger partial charge in [0, 0.05) is 23.6 Å². The zero-order chi connectivity index (χ0) is 19.4. The molecule has 3 rings (SSSR count). The maximum Gasteiger partial charge on any atom is 0.416 e. The summed E-state index contributed by atoms with van der Waals surface area (Å²) in [5.74, 6) is 0.333. The second-order valence-corrected chi connectivity index (χ2v) is 6.03. The smallest absolute Gasteiger partial charge is 0.349 e. The topological polar surface area (TPSA) is 68.0 Å². The molecule has 1 heterocycles. The van der Waals surface area contributed by atoms with Gasteiger partial charge in [0.1, 0.15) is 0 Å². The minimum atomic E-state index is -4.43. The van der Waals surface area contributed by atoms with Crippen molar-refractivity contribution < 1.29 is 22.5 Å². The molecule has 0 saturated carbocycles. The molecular formula is C19H16F3N3O2. The lowest BCUT2D eigenvalue weighted by Gasteiger charge is -2.12. The molecule has 3 aromatic rings. The van der Waals surface area contributed by atoms with E-state index in [1.54, 1.807) is 6.92 Å². The molecule has 0 fully saturated rings. The summed E-state index contributed by atoms with van der Waals surface area (Å²) >= 11 is 0. The first kappa shape index (κ1) is 18.6. The van der Waals surface area contributed by atoms with Crippen molar-refractivity contribution in [3.8, 4) is 11.4 Å². The standard InChI is InChI=1S/C19H16F3N3O2/c1-12(11-16-24-17(25-27-16)13-5-3-2-4-6-13)23-18(26)14-7-9-15(10-8-14)19(20,21)22/h2-10,12H,11H2,1H3,(H,23,26). The van der Waals surface area contributed by atoms with E-state index in [1.807, 2.05) is 30.3 Å². The van der Waals surface area contributed by atoms with E-state index in [0.29, 0.717) is 18.1 Å². The molecule has 0 aliphatic rings. The maximum absolute atomic E-state index is 12.6. The fourth-order valence-electron chi connectivity index (χ4n) is 2.47. The first-order chi connectivity index (χ1) is 12.8. The Morgan fingerprint density at radius 3 is 2.41 bits per heavy atom. The summed E-state index contributed by atoms with van der Waals surface area (Å²) in [5.41, 5.74) is 0.158. The molecule has 1 atom stereocenters. The highest BCUT2D eigenvalue weighted by Crippen LogP contribution is 2.29. The van der Waals surface area contributed by atoms with E-state index >= 15 is 0 Å². The van der Waals surface area contributed by atoms with E-state index in [9.17, 15) is 18.0 Å². The van der Waals surface area contributed by atoms with Gasteiger partial charge in [-0.2, -0.15) is 18.2 Å². The number of nitrogens with one attached hydrogen (secondary N) is 1. The molecule has 27 heavy (non-hydrogen) atoms. The molecule has 1 amide bonds. The number of amides is 1. The maximum atomic E-state index is 12.6. The minimum Gasteiger partial charge on any atom is -0.349 e. The number of hydrogen-bond donors (Lipinski definition) is 1. The van der Waals surface area contributed by atoms with Crippen molar-refractivity contribution >= 4 is 5.91 Å². The number of carbonyl (C=O) groups is 1. The Morgan fingerprint density at radius 2 is 1.78 bits per heavy atom. The Labute approximate surface area is 153 Å². The molecule has 0 spiro atoms. The summed E-state index contributed by atoms with van der Waals surface area (Å²) in [4.78, 5) is 16.5. The van der Waals surface area contributed by atoms with Gasteiger partial charge < -0.3 is 9.84 Å². The molecule has 5 nitrogen and oxygen atoms in total. The van der Waals surface area contributed by atoms with Crippen molar-refractivity contribution in [1.29, 1.82) is 0 Å². The van der Waals surface area contributed by atoms with Crippen LogP contribution in [0.25, 0.3) is 11.4 Å². The number of carbonyl (C=O) groups excluding carboxylic acids is 1. The van der Waals surface area contributed by atoms with Crippen LogP contribution in [0.5, 0.6) is 0 Å². The molecular weight excluding hydrogens is 359 g/mol. The number of rotatable bonds is 5. The van der Waals surface area contributed by atoms with Crippen molar-refractivity contribution in [2.75, 3.05) is 0 Å². The van der Waals surface area contributed by atoms with Crippen LogP contribution in [-0.4, -0.2) is 22.1 Å². The Morgan fingerprint density at radius 1 is 1.11 bits per heavy atom. The van der Waals surface area contributed by atoms with Crippen molar-refractivity contribution in [1.82, 2.24) is 15.5 Å². The molecule has 140 valence electrons. The first-order valence-electron chi connectivity index (χ1n) is 8.19. The number of benzene rings is 2. The Kier molecular flexibility index (Phi) is 5.25. The van der Waals surface area contributed by atoms with Crippen molar-refractivity contribution in [3.05, 3.63) is 71.6 Å². The predicted octanol–water partition coefficient (Wildman–Crippen LogP) is 4.12. The number of hydrogen-bond acceptors (Lipinski definition) is 4. The molecule has 8 heteroatoms. The van der Waals surface area contributed by atoms with Gasteiger partial charge in [0.15, 0.2) is 0 Å². The molecule has 0 aliphatic carbocycles. The normalized spacial score (nSPS) is 12.6. The summed E-state index contributed by atoms with van der Waals surface area (Å²) in [5, 5.41) is 6.61. The van der Waals surface area contributed by atoms with Gasteiger partial charge in [0.05, 0.1) is 5.56 Å². The summed E-state index contributed by atoms with van der Waals surface area (Å²) in [6.45, 7) is 1.74. The van der Waals surface area contributed by atoms with Gasteiger partial charge in [-0.15, -0.1) is 0 Å². The third kappa shape index (κ3) is 4.72. The molecule has 1 N–H and O–H groups in total. The van der Waals surface area contributed by atoms with Crippen LogP contribution in [0.1, 0.15) is 28.7 Å². The molecule has 1 unspecified atom stereocenters. The Hall–Kier alpha value is -3.16. The van der Waals surface area contributed by atoms with Gasteiger partial charge >= 0.3 is 6.18 Å². The average molecular weight is 375 g/mol. The average Bonchev–Trinajstić information content (AvgIpc) is 3.10. The van der Waals surface area contributed by atoms with Gasteiger partial charge in [-0.05, 0) is 31.2 Å². The Bertz CT molecular complexity index is 906. The zero-order valence-corrected chi connectivity index (χ0v) is 14.3. The highest BCUT2D eigenvalue weighted by molar-refractivity contribution is 5.94. The second-order valence-electron chi connectivity index (χ2n) is 6.03. The fourth-order valence-corrected chi connectivity index (χ4v) is 2.47. The molecule has 0 radical (unpaired) electrons. The van der Waals surface area contributed by atoms with Crippen LogP contribution in [0.3, 0.4) is 0 Å². The SMILES string of the molecule is CC(Cc1nc(-c2ccccc2)no1)NC(=O)c1ccc(C(F)(F)F)cc1. The quantitative estimate of drug-likeness (QED) is 0.729. The van der Waals surface area contributed by atoms with Crippen LogP contribution >= 0.6 is 0 Å². The lowest BCUT2D eigenvalue weighted by Crippen LogP contribution is -2.34. The zero-order valence-electron chi connectivity index (χ0n) is 14.3. The summed E-state index contributed by atoms with van der Waals surface area (Å²) in [6, 6.07) is 13.0. The monoisotopic (exact) mass is 375 g/mol. The van der Waals surface area contributed by atoms with Gasteiger partial charge in [-0.1, -0.05) is 35.5 Å². The number of nitrogens with zero attached hydrogens (tertiary/aromatic N) is 2. The van der Waals surface area contributed by atoms with Gasteiger partial charge in [-0.3, -0.25) is 4.79 Å². The minimum absolute atomic E-state index is 0.144. The highest BCUT2D eigenvalue weighted by atomic mass is 19.4. The largest absolute Gasteiger partial charge is 0.416 e. The van der Waals surface area contributed by atoms with Crippen molar-refractivity contribution in [3.63, 3.8) is 0 Å². The van der Waals surface area contributed by atoms with Crippen LogP contribution < -0.4 is 5.32 Å². The van der Waals surface area contributed by atoms with Gasteiger partial charge in [0.2, 0.25) is 11.7 Å². The highest BCUT2D eigenvalue weighted by Gasteiger charge is 2.30. The van der Waals surface area contributed by atoms with Crippen molar-refractivity contribution in [2.45, 2.75) is 25.6 Å². The van der Waals surface area contributed by atoms with E-state index in [0.717, 1.165) is 29.8 Å². The van der Waals surface area contributed by atoms with Crippen LogP contribution in [-0.2, 0) is 12.6 Å². The van der Waals surface area contributed by atoms with Crippen LogP contribution in [0.15, 0.2) is 59.1 Å². The van der Waals surface area contributed by atoms with Gasteiger partial charge in [0.25, 0.3) is 5.91 Å². The molecule has 0 aliphatic heterocycles. The summed E-state index contributed by atoms with van der Waals surface area (Å²) in [6.07, 6.45) is -4.14. The number of alkyl halides is 3. The fraction of sp³-hybridized carbons (Fsp3) is 0.211. The molecule has 0 saturated heterocycles. The molecule has 2 aromatic carbocycles. The van der Waals surface area contributed by atoms with Crippen LogP contribution in [0.4, 0.5) is 13.2 Å². The van der Waals surface area contributed by atoms with Crippen LogP contribution in [0.2, 0.25) is 0 Å². The van der Waals surface area contributed by atoms with Gasteiger partial charge in [-0.25, -0.2) is 0 Å². The second kappa shape index (κ2) is 7.61. The summed E-state index contributed by atoms with van der Waals surface area (Å²) in [7, 11) is 0. The predicted molar refractivity (Wildman–Crippen MR) is 91.8 cm³/mol. The lowest BCUT2D eigenvalue weighted by atomic mass is 10.1. The van der Waals surface area contributed by atoms with E-state index in [4.69, 9.17) is 4.52 Å². The van der Waals surface area contributed by atoms with E-state index in [1.165, 1.54) is 0 Å². The third-order valence-electron chi connectivity index (χ3n) is 3.83. The van der Waals surface area contributed by atoms with E-state index in [2.05, 4.69) is 15.5 Å². The van der Waals surface area contributed by atoms with Crippen molar-refractivity contribution in [2.24, 2.45) is 0 Å². The summed E-state index contributed by atoms with van der Waals surface area (Å²) < 4.78 is 42.9. The van der Waals surface area contributed by atoms with E-state index in [-0.39, 0.29) is 11.6 Å². The molecule has 1 aromatic heterocycles. The van der Waals surface area contributed by atoms with Crippen LogP contribution in [0, 0.1) is 0 Å². The number of aromatic nitrogens is 2.